The topological polar surface area (TPSA) is 184 Å². The monoisotopic (exact) mass is 546 g/mol. The molecule has 0 radical (unpaired) electrons. The highest BCUT2D eigenvalue weighted by Gasteiger charge is 2.47. The number of anilines is 2. The molecule has 0 spiro atoms. The molecule has 3 N–H and O–H groups in total. The van der Waals surface area contributed by atoms with E-state index in [2.05, 4.69) is 34.2 Å². The van der Waals surface area contributed by atoms with Crippen LogP contribution in [0.1, 0.15) is 63.8 Å². The number of aryl methyl sites for hydroxylation is 1. The van der Waals surface area contributed by atoms with Crippen LogP contribution in [0.4, 0.5) is 11.8 Å². The van der Waals surface area contributed by atoms with Crippen LogP contribution < -0.4 is 15.3 Å². The van der Waals surface area contributed by atoms with Gasteiger partial charge >= 0.3 is 0 Å². The lowest BCUT2D eigenvalue weighted by molar-refractivity contribution is -0.283. The van der Waals surface area contributed by atoms with Crippen molar-refractivity contribution < 1.29 is 34.1 Å². The number of nitrogens with one attached hydrogen (secondary N) is 1. The number of hydrogen-bond donors (Lipinski definition) is 3. The summed E-state index contributed by atoms with van der Waals surface area (Å²) in [5.74, 6) is 1.60. The molecule has 2 aliphatic rings. The van der Waals surface area contributed by atoms with Gasteiger partial charge in [0.1, 0.15) is 18.3 Å². The van der Waals surface area contributed by atoms with Crippen LogP contribution in [0.2, 0.25) is 0 Å². The van der Waals surface area contributed by atoms with Crippen molar-refractivity contribution in [3.63, 3.8) is 0 Å². The average Bonchev–Trinajstić information content (AvgIpc) is 3.66. The number of hydrogen-bond acceptors (Lipinski definition) is 13. The number of aliphatic hydroxyl groups excluding tert-OH is 2. The van der Waals surface area contributed by atoms with Crippen molar-refractivity contribution >= 4 is 29.4 Å². The quantitative estimate of drug-likeness (QED) is 0.317. The van der Waals surface area contributed by atoms with Crippen LogP contribution in [-0.4, -0.2) is 85.9 Å². The molecule has 0 saturated carbocycles. The van der Waals surface area contributed by atoms with Crippen LogP contribution in [0.3, 0.4) is 0 Å². The van der Waals surface area contributed by atoms with Gasteiger partial charge in [0, 0.05) is 44.9 Å². The molecule has 14 nitrogen and oxygen atoms in total. The Balaban J connectivity index is 0.00000112. The number of carbonyl (C=O) groups excluding carboxylic acids is 1. The Labute approximate surface area is 225 Å². The van der Waals surface area contributed by atoms with Gasteiger partial charge in [-0.05, 0) is 32.6 Å². The molecule has 3 aromatic rings. The number of ether oxygens (including phenoxy) is 2. The summed E-state index contributed by atoms with van der Waals surface area (Å²) in [5, 5.41) is 37.5. The Bertz CT molecular complexity index is 1210. The Morgan fingerprint density at radius 2 is 1.95 bits per heavy atom. The molecule has 2 fully saturated rings. The molecule has 0 amide bonds. The molecule has 4 unspecified atom stereocenters. The van der Waals surface area contributed by atoms with Crippen molar-refractivity contribution in [2.24, 2.45) is 0 Å². The summed E-state index contributed by atoms with van der Waals surface area (Å²) in [6.45, 7) is 8.65. The largest absolute Gasteiger partial charge is 0.554 e. The minimum Gasteiger partial charge on any atom is -0.554 e. The first-order valence-electron chi connectivity index (χ1n) is 13.3. The van der Waals surface area contributed by atoms with Gasteiger partial charge in [0.25, 0.3) is 0 Å². The van der Waals surface area contributed by atoms with Crippen molar-refractivity contribution in [3.8, 4) is 0 Å². The van der Waals surface area contributed by atoms with E-state index in [9.17, 15) is 10.2 Å². The third-order valence-corrected chi connectivity index (χ3v) is 6.86. The van der Waals surface area contributed by atoms with Crippen molar-refractivity contribution in [3.05, 3.63) is 23.8 Å². The Kier molecular flexibility index (Phi) is 9.67. The van der Waals surface area contributed by atoms with Crippen LogP contribution in [0.15, 0.2) is 16.9 Å². The number of fused-ring (bicyclic) bond motifs is 1. The maximum atomic E-state index is 11.0. The fourth-order valence-electron chi connectivity index (χ4n) is 4.83. The molecular formula is C25H36N7O7-. The summed E-state index contributed by atoms with van der Waals surface area (Å²) in [6, 6.07) is 1.95. The number of carboxylic acid groups (broad SMARTS) is 1. The number of carbonyl (C=O) groups is 1. The highest BCUT2D eigenvalue weighted by Crippen LogP contribution is 2.40. The van der Waals surface area contributed by atoms with Crippen molar-refractivity contribution in [1.82, 2.24) is 24.7 Å². The van der Waals surface area contributed by atoms with Gasteiger partial charge in [-0.3, -0.25) is 4.57 Å². The molecule has 14 heteroatoms. The fraction of sp³-hybridized carbons (Fsp3) is 0.640. The van der Waals surface area contributed by atoms with Crippen molar-refractivity contribution in [1.29, 1.82) is 0 Å². The molecule has 2 saturated heterocycles. The van der Waals surface area contributed by atoms with E-state index >= 15 is 0 Å². The van der Waals surface area contributed by atoms with E-state index in [1.165, 1.54) is 0 Å². The van der Waals surface area contributed by atoms with Crippen molar-refractivity contribution in [2.45, 2.75) is 77.0 Å². The molecule has 3 aromatic heterocycles. The van der Waals surface area contributed by atoms with Crippen LogP contribution in [0.25, 0.3) is 11.2 Å². The normalized spacial score (nSPS) is 23.4. The lowest BCUT2D eigenvalue weighted by Gasteiger charge is -2.25. The van der Waals surface area contributed by atoms with Crippen molar-refractivity contribution in [2.75, 3.05) is 36.5 Å². The van der Waals surface area contributed by atoms with Gasteiger partial charge in [-0.25, -0.2) is 4.98 Å². The van der Waals surface area contributed by atoms with E-state index in [1.54, 1.807) is 17.0 Å². The summed E-state index contributed by atoms with van der Waals surface area (Å²) < 4.78 is 18.7. The van der Waals surface area contributed by atoms with Crippen LogP contribution in [0, 0.1) is 0 Å². The first-order valence-corrected chi connectivity index (χ1v) is 13.3. The van der Waals surface area contributed by atoms with Crippen LogP contribution >= 0.6 is 0 Å². The Morgan fingerprint density at radius 1 is 1.21 bits per heavy atom. The van der Waals surface area contributed by atoms with Gasteiger partial charge in [0.05, 0.1) is 12.0 Å². The van der Waals surface area contributed by atoms with E-state index < -0.39 is 31.0 Å². The van der Waals surface area contributed by atoms with Crippen LogP contribution in [0.5, 0.6) is 0 Å². The van der Waals surface area contributed by atoms with Gasteiger partial charge < -0.3 is 44.3 Å². The van der Waals surface area contributed by atoms with Gasteiger partial charge in [0.2, 0.25) is 5.95 Å². The highest BCUT2D eigenvalue weighted by atomic mass is 16.6. The van der Waals surface area contributed by atoms with Gasteiger partial charge in [-0.1, -0.05) is 19.0 Å². The smallest absolute Gasteiger partial charge is 0.227 e. The molecule has 0 aliphatic carbocycles. The maximum Gasteiger partial charge on any atom is 0.227 e. The minimum atomic E-state index is -1.22. The summed E-state index contributed by atoms with van der Waals surface area (Å²) in [7, 11) is 0. The molecule has 0 aromatic carbocycles. The fourth-order valence-corrected chi connectivity index (χ4v) is 4.83. The maximum absolute atomic E-state index is 11.0. The van der Waals surface area contributed by atoms with Crippen LogP contribution in [-0.2, 0) is 20.7 Å². The zero-order valence-corrected chi connectivity index (χ0v) is 22.4. The molecule has 2 aliphatic heterocycles. The second-order valence-electron chi connectivity index (χ2n) is 9.40. The summed E-state index contributed by atoms with van der Waals surface area (Å²) in [5.41, 5.74) is 1.89. The lowest BCUT2D eigenvalue weighted by Crippen LogP contribution is -2.30. The molecule has 39 heavy (non-hydrogen) atoms. The summed E-state index contributed by atoms with van der Waals surface area (Å²) in [4.78, 5) is 24.7. The molecule has 5 rings (SSSR count). The second kappa shape index (κ2) is 13.2. The first kappa shape index (κ1) is 28.7. The Hall–Kier alpha value is -3.33. The van der Waals surface area contributed by atoms with E-state index in [-0.39, 0.29) is 6.04 Å². The standard InChI is InChI=1S/C24H35N7O5.CH2O2/c1-4-9-30(6-3)21-17-22(28-24(27-21)26-15-7-10-34-11-8-15)31(13-25-17)23-19(33)18(32)20(35-23)16-12-14(5-2)29-36-16;2-1-3/h12-13,15,18-20,23,32-33H,4-11H2,1-3H3,(H,26,27,28);1H,(H,2,3)/p-1. The molecular weight excluding hydrogens is 510 g/mol. The number of nitrogens with zero attached hydrogens (tertiary/aromatic N) is 6. The number of imidazole rings is 1. The van der Waals surface area contributed by atoms with E-state index in [0.29, 0.717) is 42.5 Å². The molecule has 0 bridgehead atoms. The number of aliphatic hydroxyl groups is 2. The van der Waals surface area contributed by atoms with E-state index in [4.69, 9.17) is 33.9 Å². The zero-order chi connectivity index (χ0) is 27.9. The Morgan fingerprint density at radius 3 is 2.59 bits per heavy atom. The van der Waals surface area contributed by atoms with Gasteiger partial charge in [0.15, 0.2) is 29.0 Å². The van der Waals surface area contributed by atoms with E-state index in [0.717, 1.165) is 43.9 Å². The zero-order valence-electron chi connectivity index (χ0n) is 22.4. The second-order valence-corrected chi connectivity index (χ2v) is 9.40. The highest BCUT2D eigenvalue weighted by molar-refractivity contribution is 5.85. The predicted molar refractivity (Wildman–Crippen MR) is 138 cm³/mol. The lowest BCUT2D eigenvalue weighted by atomic mass is 10.1. The minimum absolute atomic E-state index is 0.209. The molecule has 4 atom stereocenters. The van der Waals surface area contributed by atoms with Gasteiger partial charge in [-0.15, -0.1) is 0 Å². The average molecular weight is 547 g/mol. The number of rotatable bonds is 9. The van der Waals surface area contributed by atoms with Gasteiger partial charge in [-0.2, -0.15) is 9.97 Å². The SMILES string of the molecule is CCCN(CC)c1nc(NC2CCOCC2)nc2c1ncn2C1OC(c2cc(CC)no2)C(O)C1O.O=C[O-]. The van der Waals surface area contributed by atoms with E-state index in [1.807, 2.05) is 6.92 Å². The third kappa shape index (κ3) is 6.13. The summed E-state index contributed by atoms with van der Waals surface area (Å²) >= 11 is 0. The summed E-state index contributed by atoms with van der Waals surface area (Å²) in [6.07, 6.45) is 0.798. The number of aromatic nitrogens is 5. The predicted octanol–water partition coefficient (Wildman–Crippen LogP) is 0.562. The molecule has 214 valence electrons. The first-order chi connectivity index (χ1) is 18.9. The molecule has 5 heterocycles. The third-order valence-electron chi connectivity index (χ3n) is 6.86.